The number of rotatable bonds is 5. The van der Waals surface area contributed by atoms with Crippen molar-refractivity contribution in [3.05, 3.63) is 59.7 Å². The molecule has 2 aromatic carbocycles. The number of para-hydroxylation sites is 1. The monoisotopic (exact) mass is 419 g/mol. The van der Waals surface area contributed by atoms with Crippen molar-refractivity contribution in [2.75, 3.05) is 43.0 Å². The summed E-state index contributed by atoms with van der Waals surface area (Å²) in [6.07, 6.45) is 4.57. The summed E-state index contributed by atoms with van der Waals surface area (Å²) in [5.41, 5.74) is 4.78. The third-order valence-electron chi connectivity index (χ3n) is 6.24. The fourth-order valence-corrected chi connectivity index (χ4v) is 4.50. The van der Waals surface area contributed by atoms with E-state index in [1.165, 1.54) is 29.7 Å². The zero-order chi connectivity index (χ0) is 21.6. The van der Waals surface area contributed by atoms with Crippen LogP contribution in [-0.4, -0.2) is 45.1 Å². The standard InChI is InChI=1S/C25H33N5O/c1-19(21-10-7-12-22(17-21)29-14-5-6-15-29)28-25(26-2)27-18-24(31)30-16-8-11-20-9-3-4-13-23(20)30/h3-4,7,9-10,12-13,17,19H,5-6,8,11,14-16,18H2,1-2H3,(H2,26,27,28). The number of carbonyl (C=O) groups is 1. The van der Waals surface area contributed by atoms with Gasteiger partial charge in [0, 0.05) is 38.1 Å². The first-order valence-electron chi connectivity index (χ1n) is 11.4. The Morgan fingerprint density at radius 3 is 2.68 bits per heavy atom. The van der Waals surface area contributed by atoms with Crippen LogP contribution in [0.2, 0.25) is 0 Å². The number of aryl methyl sites for hydroxylation is 1. The van der Waals surface area contributed by atoms with E-state index in [1.54, 1.807) is 7.05 Å². The lowest BCUT2D eigenvalue weighted by Gasteiger charge is -2.30. The number of aliphatic imine (C=N–C) groups is 1. The largest absolute Gasteiger partial charge is 0.372 e. The molecule has 1 amide bonds. The second-order valence-electron chi connectivity index (χ2n) is 8.36. The molecule has 2 aliphatic rings. The quantitative estimate of drug-likeness (QED) is 0.575. The average molecular weight is 420 g/mol. The van der Waals surface area contributed by atoms with E-state index >= 15 is 0 Å². The topological polar surface area (TPSA) is 60.0 Å². The number of guanidine groups is 1. The van der Waals surface area contributed by atoms with Gasteiger partial charge in [-0.1, -0.05) is 30.3 Å². The zero-order valence-electron chi connectivity index (χ0n) is 18.6. The van der Waals surface area contributed by atoms with E-state index < -0.39 is 0 Å². The fourth-order valence-electron chi connectivity index (χ4n) is 4.50. The maximum atomic E-state index is 12.9. The van der Waals surface area contributed by atoms with Gasteiger partial charge in [0.2, 0.25) is 5.91 Å². The molecular weight excluding hydrogens is 386 g/mol. The van der Waals surface area contributed by atoms with Gasteiger partial charge >= 0.3 is 0 Å². The fraction of sp³-hybridized carbons (Fsp3) is 0.440. The number of carbonyl (C=O) groups excluding carboxylic acids is 1. The average Bonchev–Trinajstić information content (AvgIpc) is 3.36. The maximum Gasteiger partial charge on any atom is 0.246 e. The minimum absolute atomic E-state index is 0.0683. The van der Waals surface area contributed by atoms with Crippen molar-refractivity contribution in [1.29, 1.82) is 0 Å². The molecule has 0 bridgehead atoms. The molecule has 2 aromatic rings. The molecule has 1 saturated heterocycles. The van der Waals surface area contributed by atoms with E-state index in [-0.39, 0.29) is 18.5 Å². The maximum absolute atomic E-state index is 12.9. The van der Waals surface area contributed by atoms with Crippen molar-refractivity contribution in [3.63, 3.8) is 0 Å². The van der Waals surface area contributed by atoms with Crippen LogP contribution in [0.5, 0.6) is 0 Å². The van der Waals surface area contributed by atoms with Gasteiger partial charge in [-0.2, -0.15) is 0 Å². The molecule has 4 rings (SSSR count). The summed E-state index contributed by atoms with van der Waals surface area (Å²) in [6, 6.07) is 17.0. The van der Waals surface area contributed by atoms with Crippen LogP contribution in [0.4, 0.5) is 11.4 Å². The molecule has 0 aliphatic carbocycles. The highest BCUT2D eigenvalue weighted by atomic mass is 16.2. The molecule has 0 radical (unpaired) electrons. The highest BCUT2D eigenvalue weighted by Crippen LogP contribution is 2.27. The van der Waals surface area contributed by atoms with E-state index in [0.717, 1.165) is 38.2 Å². The summed E-state index contributed by atoms with van der Waals surface area (Å²) in [5, 5.41) is 6.63. The zero-order valence-corrected chi connectivity index (χ0v) is 18.6. The van der Waals surface area contributed by atoms with Crippen molar-refractivity contribution < 1.29 is 4.79 Å². The molecule has 6 heteroatoms. The van der Waals surface area contributed by atoms with Gasteiger partial charge in [0.25, 0.3) is 0 Å². The minimum atomic E-state index is 0.0683. The molecule has 2 heterocycles. The van der Waals surface area contributed by atoms with Crippen LogP contribution in [0.25, 0.3) is 0 Å². The molecule has 164 valence electrons. The van der Waals surface area contributed by atoms with Crippen molar-refractivity contribution in [1.82, 2.24) is 10.6 Å². The molecule has 0 spiro atoms. The molecule has 1 fully saturated rings. The van der Waals surface area contributed by atoms with Crippen LogP contribution in [0.1, 0.15) is 43.4 Å². The van der Waals surface area contributed by atoms with Crippen molar-refractivity contribution >= 4 is 23.2 Å². The highest BCUT2D eigenvalue weighted by Gasteiger charge is 2.22. The Morgan fingerprint density at radius 1 is 1.06 bits per heavy atom. The first kappa shape index (κ1) is 21.2. The first-order valence-corrected chi connectivity index (χ1v) is 11.4. The number of hydrogen-bond acceptors (Lipinski definition) is 3. The smallest absolute Gasteiger partial charge is 0.246 e. The summed E-state index contributed by atoms with van der Waals surface area (Å²) in [7, 11) is 1.74. The van der Waals surface area contributed by atoms with Gasteiger partial charge in [0.15, 0.2) is 5.96 Å². The lowest BCUT2D eigenvalue weighted by Crippen LogP contribution is -2.46. The number of nitrogens with zero attached hydrogens (tertiary/aromatic N) is 3. The molecular formula is C25H33N5O. The lowest BCUT2D eigenvalue weighted by molar-refractivity contribution is -0.117. The molecule has 1 unspecified atom stereocenters. The molecule has 0 aromatic heterocycles. The second kappa shape index (κ2) is 9.86. The van der Waals surface area contributed by atoms with E-state index in [4.69, 9.17) is 0 Å². The molecule has 6 nitrogen and oxygen atoms in total. The van der Waals surface area contributed by atoms with E-state index in [1.807, 2.05) is 23.1 Å². The summed E-state index contributed by atoms with van der Waals surface area (Å²) in [4.78, 5) is 21.6. The van der Waals surface area contributed by atoms with Gasteiger partial charge < -0.3 is 20.4 Å². The number of nitrogens with one attached hydrogen (secondary N) is 2. The van der Waals surface area contributed by atoms with Gasteiger partial charge in [-0.05, 0) is 61.9 Å². The van der Waals surface area contributed by atoms with Crippen LogP contribution >= 0.6 is 0 Å². The van der Waals surface area contributed by atoms with Crippen LogP contribution in [0, 0.1) is 0 Å². The summed E-state index contributed by atoms with van der Waals surface area (Å²) < 4.78 is 0. The predicted octanol–water partition coefficient (Wildman–Crippen LogP) is 3.49. The summed E-state index contributed by atoms with van der Waals surface area (Å²) in [6.45, 7) is 5.38. The van der Waals surface area contributed by atoms with Crippen LogP contribution in [0.15, 0.2) is 53.5 Å². The SMILES string of the molecule is CN=C(NCC(=O)N1CCCc2ccccc21)NC(C)c1cccc(N2CCCC2)c1. The van der Waals surface area contributed by atoms with Crippen LogP contribution in [0.3, 0.4) is 0 Å². The summed E-state index contributed by atoms with van der Waals surface area (Å²) >= 11 is 0. The first-order chi connectivity index (χ1) is 15.2. The van der Waals surface area contributed by atoms with Gasteiger partial charge in [-0.3, -0.25) is 9.79 Å². The van der Waals surface area contributed by atoms with E-state index in [9.17, 15) is 4.79 Å². The van der Waals surface area contributed by atoms with E-state index in [0.29, 0.717) is 5.96 Å². The van der Waals surface area contributed by atoms with Crippen molar-refractivity contribution in [2.24, 2.45) is 4.99 Å². The Labute approximate surface area is 185 Å². The molecule has 0 saturated carbocycles. The number of amides is 1. The third kappa shape index (κ3) is 5.01. The van der Waals surface area contributed by atoms with Gasteiger partial charge in [0.05, 0.1) is 12.6 Å². The Balaban J connectivity index is 1.35. The second-order valence-corrected chi connectivity index (χ2v) is 8.36. The van der Waals surface area contributed by atoms with Gasteiger partial charge in [-0.15, -0.1) is 0 Å². The van der Waals surface area contributed by atoms with Gasteiger partial charge in [-0.25, -0.2) is 0 Å². The van der Waals surface area contributed by atoms with Crippen molar-refractivity contribution in [3.8, 4) is 0 Å². The predicted molar refractivity (Wildman–Crippen MR) is 128 cm³/mol. The number of hydrogen-bond donors (Lipinski definition) is 2. The number of benzene rings is 2. The number of fused-ring (bicyclic) bond motifs is 1. The Bertz CT molecular complexity index is 935. The molecule has 2 aliphatic heterocycles. The Kier molecular flexibility index (Phi) is 6.75. The molecule has 2 N–H and O–H groups in total. The molecule has 1 atom stereocenters. The van der Waals surface area contributed by atoms with Gasteiger partial charge in [0.1, 0.15) is 0 Å². The van der Waals surface area contributed by atoms with Crippen LogP contribution < -0.4 is 20.4 Å². The minimum Gasteiger partial charge on any atom is -0.372 e. The van der Waals surface area contributed by atoms with Crippen molar-refractivity contribution in [2.45, 2.75) is 38.6 Å². The summed E-state index contributed by atoms with van der Waals surface area (Å²) in [5.74, 6) is 0.705. The highest BCUT2D eigenvalue weighted by molar-refractivity contribution is 5.98. The Hall–Kier alpha value is -3.02. The third-order valence-corrected chi connectivity index (χ3v) is 6.24. The normalized spacial score (nSPS) is 17.3. The Morgan fingerprint density at radius 2 is 1.87 bits per heavy atom. The van der Waals surface area contributed by atoms with Crippen LogP contribution in [-0.2, 0) is 11.2 Å². The lowest BCUT2D eigenvalue weighted by atomic mass is 10.0. The number of anilines is 2. The molecule has 31 heavy (non-hydrogen) atoms. The van der Waals surface area contributed by atoms with E-state index in [2.05, 4.69) is 57.8 Å².